The van der Waals surface area contributed by atoms with Crippen molar-refractivity contribution in [1.29, 1.82) is 0 Å². The van der Waals surface area contributed by atoms with Gasteiger partial charge in [0.05, 0.1) is 5.69 Å². The van der Waals surface area contributed by atoms with E-state index in [1.165, 1.54) is 72.4 Å². The van der Waals surface area contributed by atoms with Crippen molar-refractivity contribution in [2.24, 2.45) is 0 Å². The van der Waals surface area contributed by atoms with Gasteiger partial charge >= 0.3 is 0 Å². The van der Waals surface area contributed by atoms with Crippen LogP contribution in [0, 0.1) is 27.7 Å². The Bertz CT molecular complexity index is 1960. The summed E-state index contributed by atoms with van der Waals surface area (Å²) in [5.74, 6) is 0.950. The number of para-hydroxylation sites is 1. The first-order valence-electron chi connectivity index (χ1n) is 16.8. The number of hydrogen-bond donors (Lipinski definition) is 0. The average molecular weight is 617 g/mol. The van der Waals surface area contributed by atoms with E-state index >= 15 is 0 Å². The highest BCUT2D eigenvalue weighted by Gasteiger charge is 2.20. The SMILES string of the molecule is Cc1cccc(C)c1-n1ccnc1-c1cccc(-c2c(C)c(-c3ccc(C(C)(C)C)cc3)cc(-c3ccc(C(C)(C)C)cc3)c2C)c1. The highest BCUT2D eigenvalue weighted by Crippen LogP contribution is 2.42. The molecule has 0 aliphatic heterocycles. The van der Waals surface area contributed by atoms with Crippen LogP contribution in [-0.2, 0) is 10.8 Å². The predicted octanol–water partition coefficient (Wildman–Crippen LogP) is 12.4. The van der Waals surface area contributed by atoms with Crippen LogP contribution in [0.25, 0.3) is 50.5 Å². The molecular weight excluding hydrogens is 569 g/mol. The molecule has 5 aromatic carbocycles. The fourth-order valence-electron chi connectivity index (χ4n) is 6.94. The van der Waals surface area contributed by atoms with Gasteiger partial charge in [0, 0.05) is 18.0 Å². The first-order chi connectivity index (χ1) is 22.2. The Hall–Kier alpha value is -4.69. The van der Waals surface area contributed by atoms with Gasteiger partial charge in [-0.2, -0.15) is 0 Å². The second-order valence-electron chi connectivity index (χ2n) is 15.2. The zero-order chi connectivity index (χ0) is 33.7. The van der Waals surface area contributed by atoms with Crippen LogP contribution in [0.3, 0.4) is 0 Å². The Morgan fingerprint density at radius 2 is 0.979 bits per heavy atom. The molecule has 0 N–H and O–H groups in total. The van der Waals surface area contributed by atoms with E-state index in [4.69, 9.17) is 4.98 Å². The lowest BCUT2D eigenvalue weighted by atomic mass is 9.82. The van der Waals surface area contributed by atoms with Gasteiger partial charge in [-0.1, -0.05) is 126 Å². The molecule has 6 rings (SSSR count). The molecule has 0 saturated heterocycles. The highest BCUT2D eigenvalue weighted by atomic mass is 15.1. The van der Waals surface area contributed by atoms with Gasteiger partial charge in [-0.05, 0) is 117 Å². The minimum Gasteiger partial charge on any atom is -0.299 e. The topological polar surface area (TPSA) is 17.8 Å². The summed E-state index contributed by atoms with van der Waals surface area (Å²) in [7, 11) is 0. The lowest BCUT2D eigenvalue weighted by Crippen LogP contribution is -2.10. The van der Waals surface area contributed by atoms with Crippen LogP contribution in [-0.4, -0.2) is 9.55 Å². The van der Waals surface area contributed by atoms with Crippen molar-refractivity contribution in [3.63, 3.8) is 0 Å². The maximum absolute atomic E-state index is 4.87. The number of imidazole rings is 1. The van der Waals surface area contributed by atoms with Gasteiger partial charge in [0.15, 0.2) is 0 Å². The molecule has 0 aliphatic carbocycles. The van der Waals surface area contributed by atoms with Crippen LogP contribution in [0.2, 0.25) is 0 Å². The molecule has 0 aliphatic rings. The molecule has 0 spiro atoms. The average Bonchev–Trinajstić information content (AvgIpc) is 3.50. The Morgan fingerprint density at radius 3 is 1.47 bits per heavy atom. The molecule has 0 saturated carbocycles. The van der Waals surface area contributed by atoms with E-state index in [-0.39, 0.29) is 10.8 Å². The number of aryl methyl sites for hydroxylation is 2. The van der Waals surface area contributed by atoms with Crippen LogP contribution in [0.15, 0.2) is 109 Å². The Morgan fingerprint density at radius 1 is 0.511 bits per heavy atom. The minimum atomic E-state index is 0.106. The molecule has 0 fully saturated rings. The second kappa shape index (κ2) is 12.2. The highest BCUT2D eigenvalue weighted by molar-refractivity contribution is 5.89. The van der Waals surface area contributed by atoms with E-state index in [0.717, 1.165) is 11.4 Å². The Labute approximate surface area is 282 Å². The summed E-state index contributed by atoms with van der Waals surface area (Å²) < 4.78 is 2.24. The second-order valence-corrected chi connectivity index (χ2v) is 15.2. The van der Waals surface area contributed by atoms with Crippen molar-refractivity contribution in [2.45, 2.75) is 80.1 Å². The zero-order valence-corrected chi connectivity index (χ0v) is 29.8. The quantitative estimate of drug-likeness (QED) is 0.188. The lowest BCUT2D eigenvalue weighted by molar-refractivity contribution is 0.590. The predicted molar refractivity (Wildman–Crippen MR) is 202 cm³/mol. The fraction of sp³-hybridized carbons (Fsp3) is 0.267. The number of benzene rings is 5. The summed E-state index contributed by atoms with van der Waals surface area (Å²) in [6.45, 7) is 22.5. The van der Waals surface area contributed by atoms with Gasteiger partial charge in [-0.3, -0.25) is 4.57 Å². The molecule has 6 aromatic rings. The molecule has 47 heavy (non-hydrogen) atoms. The van der Waals surface area contributed by atoms with Crippen LogP contribution in [0.4, 0.5) is 0 Å². The molecule has 0 atom stereocenters. The zero-order valence-electron chi connectivity index (χ0n) is 29.8. The maximum atomic E-state index is 4.87. The molecule has 0 radical (unpaired) electrons. The van der Waals surface area contributed by atoms with Crippen molar-refractivity contribution in [3.05, 3.63) is 143 Å². The maximum Gasteiger partial charge on any atom is 0.144 e. The molecule has 2 nitrogen and oxygen atoms in total. The summed E-state index contributed by atoms with van der Waals surface area (Å²) in [5, 5.41) is 0. The lowest BCUT2D eigenvalue weighted by Gasteiger charge is -2.23. The number of rotatable bonds is 5. The van der Waals surface area contributed by atoms with Crippen molar-refractivity contribution >= 4 is 0 Å². The largest absolute Gasteiger partial charge is 0.299 e. The van der Waals surface area contributed by atoms with Crippen molar-refractivity contribution < 1.29 is 0 Å². The molecule has 238 valence electrons. The van der Waals surface area contributed by atoms with Crippen LogP contribution < -0.4 is 0 Å². The smallest absolute Gasteiger partial charge is 0.144 e. The molecule has 2 heteroatoms. The van der Waals surface area contributed by atoms with Crippen LogP contribution in [0.5, 0.6) is 0 Å². The first-order valence-corrected chi connectivity index (χ1v) is 16.8. The summed E-state index contributed by atoms with van der Waals surface area (Å²) in [6.07, 6.45) is 3.99. The van der Waals surface area contributed by atoms with E-state index in [1.54, 1.807) is 0 Å². The molecule has 0 amide bonds. The normalized spacial score (nSPS) is 12.0. The van der Waals surface area contributed by atoms with Crippen LogP contribution in [0.1, 0.15) is 74.9 Å². The van der Waals surface area contributed by atoms with Gasteiger partial charge in [-0.25, -0.2) is 4.98 Å². The monoisotopic (exact) mass is 616 g/mol. The Balaban J connectivity index is 1.55. The van der Waals surface area contributed by atoms with Gasteiger partial charge in [0.2, 0.25) is 0 Å². The van der Waals surface area contributed by atoms with Gasteiger partial charge < -0.3 is 0 Å². The molecule has 1 heterocycles. The third-order valence-corrected chi connectivity index (χ3v) is 9.70. The number of aromatic nitrogens is 2. The number of hydrogen-bond acceptors (Lipinski definition) is 1. The van der Waals surface area contributed by atoms with Gasteiger partial charge in [0.25, 0.3) is 0 Å². The van der Waals surface area contributed by atoms with E-state index < -0.39 is 0 Å². The fourth-order valence-corrected chi connectivity index (χ4v) is 6.94. The summed E-state index contributed by atoms with van der Waals surface area (Å²) in [4.78, 5) is 4.87. The summed E-state index contributed by atoms with van der Waals surface area (Å²) >= 11 is 0. The van der Waals surface area contributed by atoms with Crippen molar-refractivity contribution in [3.8, 4) is 50.5 Å². The summed E-state index contributed by atoms with van der Waals surface area (Å²) in [6, 6.07) is 36.2. The molecule has 0 unspecified atom stereocenters. The van der Waals surface area contributed by atoms with Gasteiger partial charge in [-0.15, -0.1) is 0 Å². The van der Waals surface area contributed by atoms with Gasteiger partial charge in [0.1, 0.15) is 5.82 Å². The van der Waals surface area contributed by atoms with Crippen molar-refractivity contribution in [2.75, 3.05) is 0 Å². The molecule has 1 aromatic heterocycles. The van der Waals surface area contributed by atoms with Crippen molar-refractivity contribution in [1.82, 2.24) is 9.55 Å². The third-order valence-electron chi connectivity index (χ3n) is 9.70. The first kappa shape index (κ1) is 32.3. The molecular formula is C45H48N2. The summed E-state index contributed by atoms with van der Waals surface area (Å²) in [5.41, 5.74) is 17.7. The third kappa shape index (κ3) is 6.22. The van der Waals surface area contributed by atoms with E-state index in [0.29, 0.717) is 0 Å². The Kier molecular flexibility index (Phi) is 8.34. The van der Waals surface area contributed by atoms with E-state index in [1.807, 2.05) is 6.20 Å². The number of nitrogens with zero attached hydrogens (tertiary/aromatic N) is 2. The van der Waals surface area contributed by atoms with E-state index in [9.17, 15) is 0 Å². The standard InChI is InChI=1S/C45H48N2/c1-29-13-11-14-30(2)42(29)47-26-25-46-43(47)36-16-12-15-35(27-36)41-31(3)39(33-17-21-37(22-18-33)44(5,6)7)28-40(32(41)4)34-19-23-38(24-20-34)45(8,9)10/h11-28H,1-10H3. The minimum absolute atomic E-state index is 0.106. The van der Waals surface area contributed by atoms with Crippen LogP contribution >= 0.6 is 0 Å². The van der Waals surface area contributed by atoms with E-state index in [2.05, 4.69) is 177 Å². The molecule has 0 bridgehead atoms.